The van der Waals surface area contributed by atoms with E-state index in [0.717, 1.165) is 5.56 Å². The number of carbonyl (C=O) groups is 3. The number of benzene rings is 1. The zero-order valence-electron chi connectivity index (χ0n) is 13.6. The summed E-state index contributed by atoms with van der Waals surface area (Å²) in [4.78, 5) is 38.0. The molecule has 0 bridgehead atoms. The minimum Gasteiger partial charge on any atom is -0.480 e. The average Bonchev–Trinajstić information content (AvgIpc) is 2.55. The summed E-state index contributed by atoms with van der Waals surface area (Å²) in [6, 6.07) is 7.20. The van der Waals surface area contributed by atoms with Gasteiger partial charge in [-0.2, -0.15) is 0 Å². The lowest BCUT2D eigenvalue weighted by Gasteiger charge is -2.34. The smallest absolute Gasteiger partial charge is 0.322 e. The Morgan fingerprint density at radius 2 is 1.68 bits per heavy atom. The minimum atomic E-state index is -1.07. The van der Waals surface area contributed by atoms with E-state index < -0.39 is 5.97 Å². The molecule has 0 spiro atoms. The zero-order valence-corrected chi connectivity index (χ0v) is 15.2. The Labute approximate surface area is 157 Å². The third-order valence-electron chi connectivity index (χ3n) is 3.80. The Bertz CT molecular complexity index is 602. The molecule has 0 saturated carbocycles. The van der Waals surface area contributed by atoms with E-state index in [1.807, 2.05) is 17.0 Å². The van der Waals surface area contributed by atoms with Gasteiger partial charge in [-0.1, -0.05) is 23.7 Å². The molecule has 0 atom stereocenters. The largest absolute Gasteiger partial charge is 0.480 e. The molecular weight excluding hydrogens is 369 g/mol. The van der Waals surface area contributed by atoms with Gasteiger partial charge in [-0.15, -0.1) is 12.4 Å². The van der Waals surface area contributed by atoms with Crippen LogP contribution in [0.25, 0.3) is 0 Å². The van der Waals surface area contributed by atoms with Crippen LogP contribution in [0.15, 0.2) is 24.3 Å². The van der Waals surface area contributed by atoms with E-state index in [9.17, 15) is 14.4 Å². The van der Waals surface area contributed by atoms with Crippen molar-refractivity contribution in [2.24, 2.45) is 0 Å². The first-order chi connectivity index (χ1) is 11.4. The van der Waals surface area contributed by atoms with Crippen LogP contribution in [0.2, 0.25) is 5.02 Å². The summed E-state index contributed by atoms with van der Waals surface area (Å²) in [5.41, 5.74) is 0.917. The van der Waals surface area contributed by atoms with Crippen LogP contribution in [0.4, 0.5) is 0 Å². The molecule has 2 amide bonds. The van der Waals surface area contributed by atoms with Gasteiger partial charge in [0.15, 0.2) is 0 Å². The summed E-state index contributed by atoms with van der Waals surface area (Å²) >= 11 is 5.83. The molecule has 1 aliphatic rings. The van der Waals surface area contributed by atoms with Gasteiger partial charge >= 0.3 is 5.97 Å². The lowest BCUT2D eigenvalue weighted by molar-refractivity contribution is -0.138. The summed E-state index contributed by atoms with van der Waals surface area (Å²) in [5.74, 6) is -1.34. The van der Waals surface area contributed by atoms with Crippen LogP contribution in [-0.2, 0) is 20.8 Å². The fourth-order valence-corrected chi connectivity index (χ4v) is 2.60. The van der Waals surface area contributed by atoms with Crippen molar-refractivity contribution in [3.8, 4) is 0 Å². The van der Waals surface area contributed by atoms with Crippen molar-refractivity contribution in [3.63, 3.8) is 0 Å². The van der Waals surface area contributed by atoms with Gasteiger partial charge in [0.2, 0.25) is 11.8 Å². The molecule has 1 aromatic rings. The maximum Gasteiger partial charge on any atom is 0.322 e. The van der Waals surface area contributed by atoms with Crippen LogP contribution in [0.5, 0.6) is 0 Å². The fraction of sp³-hybridized carbons (Fsp3) is 0.438. The van der Waals surface area contributed by atoms with Crippen molar-refractivity contribution in [3.05, 3.63) is 34.9 Å². The van der Waals surface area contributed by atoms with Crippen molar-refractivity contribution in [2.45, 2.75) is 6.42 Å². The monoisotopic (exact) mass is 389 g/mol. The molecule has 7 nitrogen and oxygen atoms in total. The second-order valence-electron chi connectivity index (χ2n) is 5.63. The first-order valence-electron chi connectivity index (χ1n) is 7.67. The molecule has 0 aliphatic carbocycles. The molecule has 0 unspecified atom stereocenters. The van der Waals surface area contributed by atoms with E-state index in [4.69, 9.17) is 16.7 Å². The second-order valence-corrected chi connectivity index (χ2v) is 6.07. The zero-order chi connectivity index (χ0) is 17.5. The number of hydrogen-bond acceptors (Lipinski definition) is 4. The fourth-order valence-electron chi connectivity index (χ4n) is 2.48. The standard InChI is InChI=1S/C16H20ClN3O4.ClH/c17-13-3-1-12(2-4-13)9-15(22)20-7-5-19(6-8-20)11-14(21)18-10-16(23)24;/h1-4H,5-11H2,(H,18,21)(H,23,24);1H. The number of hydrogen-bond donors (Lipinski definition) is 2. The van der Waals surface area contributed by atoms with E-state index in [1.165, 1.54) is 0 Å². The van der Waals surface area contributed by atoms with Gasteiger partial charge in [0.05, 0.1) is 13.0 Å². The van der Waals surface area contributed by atoms with E-state index in [2.05, 4.69) is 5.32 Å². The highest BCUT2D eigenvalue weighted by Gasteiger charge is 2.22. The topological polar surface area (TPSA) is 89.9 Å². The maximum atomic E-state index is 12.3. The summed E-state index contributed by atoms with van der Waals surface area (Å²) in [5, 5.41) is 11.5. The van der Waals surface area contributed by atoms with Crippen LogP contribution in [0.1, 0.15) is 5.56 Å². The number of carboxylic acid groups (broad SMARTS) is 1. The number of halogens is 2. The number of aliphatic carboxylic acids is 1. The second kappa shape index (κ2) is 10.2. The van der Waals surface area contributed by atoms with Crippen LogP contribution in [0.3, 0.4) is 0 Å². The van der Waals surface area contributed by atoms with Crippen molar-refractivity contribution >= 4 is 41.8 Å². The van der Waals surface area contributed by atoms with Crippen molar-refractivity contribution in [2.75, 3.05) is 39.3 Å². The number of carbonyl (C=O) groups excluding carboxylic acids is 2. The molecule has 138 valence electrons. The molecule has 1 saturated heterocycles. The summed E-state index contributed by atoms with van der Waals surface area (Å²) in [7, 11) is 0. The first kappa shape index (κ1) is 21.2. The highest BCUT2D eigenvalue weighted by atomic mass is 35.5. The SMILES string of the molecule is Cl.O=C(O)CNC(=O)CN1CCN(C(=O)Cc2ccc(Cl)cc2)CC1. The highest BCUT2D eigenvalue weighted by Crippen LogP contribution is 2.11. The maximum absolute atomic E-state index is 12.3. The molecule has 2 rings (SSSR count). The molecule has 25 heavy (non-hydrogen) atoms. The van der Waals surface area contributed by atoms with E-state index in [0.29, 0.717) is 37.6 Å². The summed E-state index contributed by atoms with van der Waals surface area (Å²) in [6.45, 7) is 2.06. The Balaban J connectivity index is 0.00000312. The Kier molecular flexibility index (Phi) is 8.68. The number of amides is 2. The lowest BCUT2D eigenvalue weighted by Crippen LogP contribution is -2.51. The Morgan fingerprint density at radius 3 is 2.24 bits per heavy atom. The third-order valence-corrected chi connectivity index (χ3v) is 4.05. The van der Waals surface area contributed by atoms with E-state index in [1.54, 1.807) is 17.0 Å². The van der Waals surface area contributed by atoms with Crippen LogP contribution >= 0.6 is 24.0 Å². The number of nitrogens with one attached hydrogen (secondary N) is 1. The van der Waals surface area contributed by atoms with Crippen molar-refractivity contribution < 1.29 is 19.5 Å². The lowest BCUT2D eigenvalue weighted by atomic mass is 10.1. The van der Waals surface area contributed by atoms with Gasteiger partial charge in [-0.25, -0.2) is 0 Å². The van der Waals surface area contributed by atoms with E-state index >= 15 is 0 Å². The number of rotatable bonds is 6. The third kappa shape index (κ3) is 7.29. The normalized spacial score (nSPS) is 14.5. The average molecular weight is 390 g/mol. The van der Waals surface area contributed by atoms with Crippen LogP contribution in [-0.4, -0.2) is 72.0 Å². The summed E-state index contributed by atoms with van der Waals surface area (Å²) in [6.07, 6.45) is 0.330. The van der Waals surface area contributed by atoms with E-state index in [-0.39, 0.29) is 37.3 Å². The van der Waals surface area contributed by atoms with Gasteiger partial charge < -0.3 is 15.3 Å². The molecule has 0 radical (unpaired) electrons. The van der Waals surface area contributed by atoms with Crippen molar-refractivity contribution in [1.29, 1.82) is 0 Å². The van der Waals surface area contributed by atoms with Crippen LogP contribution in [0, 0.1) is 0 Å². The van der Waals surface area contributed by atoms with Gasteiger partial charge in [0.1, 0.15) is 6.54 Å². The van der Waals surface area contributed by atoms with Crippen LogP contribution < -0.4 is 5.32 Å². The Hall–Kier alpha value is -1.83. The van der Waals surface area contributed by atoms with Gasteiger partial charge in [0, 0.05) is 31.2 Å². The molecule has 0 aromatic heterocycles. The highest BCUT2D eigenvalue weighted by molar-refractivity contribution is 6.30. The molecule has 1 heterocycles. The van der Waals surface area contributed by atoms with Gasteiger partial charge in [-0.3, -0.25) is 19.3 Å². The Morgan fingerprint density at radius 1 is 1.08 bits per heavy atom. The number of piperazine rings is 1. The summed E-state index contributed by atoms with van der Waals surface area (Å²) < 4.78 is 0. The molecule has 1 aliphatic heterocycles. The van der Waals surface area contributed by atoms with Gasteiger partial charge in [0.25, 0.3) is 0 Å². The van der Waals surface area contributed by atoms with Crippen molar-refractivity contribution in [1.82, 2.24) is 15.1 Å². The molecule has 1 fully saturated rings. The molecular formula is C16H21Cl2N3O4. The first-order valence-corrected chi connectivity index (χ1v) is 8.05. The molecule has 1 aromatic carbocycles. The molecule has 9 heteroatoms. The number of carboxylic acids is 1. The molecule has 2 N–H and O–H groups in total. The number of nitrogens with zero attached hydrogens (tertiary/aromatic N) is 2. The quantitative estimate of drug-likeness (QED) is 0.745. The van der Waals surface area contributed by atoms with Gasteiger partial charge in [-0.05, 0) is 17.7 Å². The predicted molar refractivity (Wildman–Crippen MR) is 96.1 cm³/mol. The minimum absolute atomic E-state index is 0. The predicted octanol–water partition coefficient (Wildman–Crippen LogP) is 0.649.